The summed E-state index contributed by atoms with van der Waals surface area (Å²) in [6.45, 7) is 1.48. The van der Waals surface area contributed by atoms with Crippen LogP contribution in [0.2, 0.25) is 0 Å². The Kier molecular flexibility index (Phi) is 1.98. The average Bonchev–Trinajstić information content (AvgIpc) is 2.06. The van der Waals surface area contributed by atoms with E-state index in [0.29, 0.717) is 6.54 Å². The fourth-order valence-electron chi connectivity index (χ4n) is 1.79. The summed E-state index contributed by atoms with van der Waals surface area (Å²) in [5.74, 6) is 0.224. The molecule has 0 aliphatic carbocycles. The molecule has 0 fully saturated rings. The highest BCUT2D eigenvalue weighted by molar-refractivity contribution is 5.37. The van der Waals surface area contributed by atoms with E-state index in [-0.39, 0.29) is 5.75 Å². The molecule has 1 heterocycles. The van der Waals surface area contributed by atoms with Crippen molar-refractivity contribution >= 4 is 0 Å². The van der Waals surface area contributed by atoms with Gasteiger partial charge in [-0.25, -0.2) is 0 Å². The van der Waals surface area contributed by atoms with E-state index in [1.165, 1.54) is 0 Å². The van der Waals surface area contributed by atoms with Gasteiger partial charge in [-0.1, -0.05) is 6.07 Å². The van der Waals surface area contributed by atoms with Gasteiger partial charge in [0.25, 0.3) is 0 Å². The number of phenolic OH excluding ortho intramolecular Hbond substituents is 1. The van der Waals surface area contributed by atoms with Crippen molar-refractivity contribution in [3.8, 4) is 5.75 Å². The summed E-state index contributed by atoms with van der Waals surface area (Å²) in [7, 11) is 1.97. The maximum Gasteiger partial charge on any atom is 0.115 e. The smallest absolute Gasteiger partial charge is 0.115 e. The van der Waals surface area contributed by atoms with Crippen LogP contribution in [0.3, 0.4) is 0 Å². The maximum atomic E-state index is 9.70. The zero-order valence-corrected chi connectivity index (χ0v) is 7.57. The summed E-state index contributed by atoms with van der Waals surface area (Å²) in [5.41, 5.74) is 1.96. The molecule has 3 heteroatoms. The number of benzene rings is 1. The van der Waals surface area contributed by atoms with Crippen molar-refractivity contribution in [2.24, 2.45) is 0 Å². The first-order valence-electron chi connectivity index (χ1n) is 4.35. The van der Waals surface area contributed by atoms with E-state index in [4.69, 9.17) is 0 Å². The lowest BCUT2D eigenvalue weighted by Crippen LogP contribution is -2.30. The fourth-order valence-corrected chi connectivity index (χ4v) is 1.79. The molecule has 70 valence electrons. The first kappa shape index (κ1) is 8.53. The van der Waals surface area contributed by atoms with Gasteiger partial charge in [-0.05, 0) is 30.3 Å². The number of likely N-dealkylation sites (N-methyl/N-ethyl adjacent to an activating group) is 1. The van der Waals surface area contributed by atoms with E-state index >= 15 is 0 Å². The van der Waals surface area contributed by atoms with Gasteiger partial charge < -0.3 is 10.2 Å². The minimum atomic E-state index is -0.471. The molecule has 0 amide bonds. The lowest BCUT2D eigenvalue weighted by molar-refractivity contribution is 0.107. The summed E-state index contributed by atoms with van der Waals surface area (Å²) in [6, 6.07) is 5.17. The number of fused-ring (bicyclic) bond motifs is 1. The first-order chi connectivity index (χ1) is 6.16. The van der Waals surface area contributed by atoms with E-state index in [1.54, 1.807) is 12.1 Å². The summed E-state index contributed by atoms with van der Waals surface area (Å²) >= 11 is 0. The second-order valence-electron chi connectivity index (χ2n) is 3.60. The highest BCUT2D eigenvalue weighted by atomic mass is 16.3. The topological polar surface area (TPSA) is 43.7 Å². The molecule has 1 atom stereocenters. The first-order valence-corrected chi connectivity index (χ1v) is 4.35. The van der Waals surface area contributed by atoms with Crippen molar-refractivity contribution in [2.45, 2.75) is 12.6 Å². The van der Waals surface area contributed by atoms with E-state index in [9.17, 15) is 10.2 Å². The Morgan fingerprint density at radius 3 is 3.00 bits per heavy atom. The van der Waals surface area contributed by atoms with E-state index < -0.39 is 6.10 Å². The van der Waals surface area contributed by atoms with Gasteiger partial charge in [0.1, 0.15) is 5.75 Å². The lowest BCUT2D eigenvalue weighted by atomic mass is 9.97. The predicted octanol–water partition coefficient (Wildman–Crippen LogP) is 0.871. The van der Waals surface area contributed by atoms with Crippen LogP contribution < -0.4 is 0 Å². The molecule has 1 aliphatic heterocycles. The van der Waals surface area contributed by atoms with E-state index in [0.717, 1.165) is 17.7 Å². The Labute approximate surface area is 77.2 Å². The zero-order chi connectivity index (χ0) is 9.42. The highest BCUT2D eigenvalue weighted by Crippen LogP contribution is 2.28. The molecular formula is C10H13NO2. The third-order valence-corrected chi connectivity index (χ3v) is 2.41. The predicted molar refractivity (Wildman–Crippen MR) is 49.4 cm³/mol. The Morgan fingerprint density at radius 1 is 1.46 bits per heavy atom. The molecule has 0 bridgehead atoms. The zero-order valence-electron chi connectivity index (χ0n) is 7.57. The number of rotatable bonds is 0. The monoisotopic (exact) mass is 179 g/mol. The van der Waals surface area contributed by atoms with Crippen molar-refractivity contribution in [1.82, 2.24) is 4.90 Å². The standard InChI is InChI=1S/C10H13NO2/c1-11-5-7-2-3-8(12)4-9(7)10(13)6-11/h2-4,10,12-13H,5-6H2,1H3/t10-/m1/s1. The van der Waals surface area contributed by atoms with Crippen LogP contribution in [0.1, 0.15) is 17.2 Å². The van der Waals surface area contributed by atoms with Crippen LogP contribution in [0.25, 0.3) is 0 Å². The van der Waals surface area contributed by atoms with Crippen LogP contribution in [-0.2, 0) is 6.54 Å². The molecule has 0 saturated heterocycles. The van der Waals surface area contributed by atoms with Crippen molar-refractivity contribution < 1.29 is 10.2 Å². The second kappa shape index (κ2) is 3.01. The second-order valence-corrected chi connectivity index (χ2v) is 3.60. The molecular weight excluding hydrogens is 166 g/mol. The summed E-state index contributed by atoms with van der Waals surface area (Å²) < 4.78 is 0. The molecule has 0 spiro atoms. The van der Waals surface area contributed by atoms with Crippen LogP contribution in [0, 0.1) is 0 Å². The molecule has 0 saturated carbocycles. The molecule has 0 unspecified atom stereocenters. The third kappa shape index (κ3) is 1.53. The van der Waals surface area contributed by atoms with Crippen LogP contribution in [0.5, 0.6) is 5.75 Å². The van der Waals surface area contributed by atoms with Gasteiger partial charge in [-0.3, -0.25) is 4.90 Å². The third-order valence-electron chi connectivity index (χ3n) is 2.41. The van der Waals surface area contributed by atoms with E-state index in [2.05, 4.69) is 4.90 Å². The molecule has 1 aromatic carbocycles. The maximum absolute atomic E-state index is 9.70. The van der Waals surface area contributed by atoms with Crippen LogP contribution in [0.15, 0.2) is 18.2 Å². The average molecular weight is 179 g/mol. The largest absolute Gasteiger partial charge is 0.508 e. The van der Waals surface area contributed by atoms with Crippen LogP contribution in [-0.4, -0.2) is 28.7 Å². The van der Waals surface area contributed by atoms with Crippen molar-refractivity contribution in [1.29, 1.82) is 0 Å². The fraction of sp³-hybridized carbons (Fsp3) is 0.400. The minimum absolute atomic E-state index is 0.224. The number of hydrogen-bond acceptors (Lipinski definition) is 3. The Morgan fingerprint density at radius 2 is 2.23 bits per heavy atom. The van der Waals surface area contributed by atoms with Gasteiger partial charge in [-0.15, -0.1) is 0 Å². The van der Waals surface area contributed by atoms with E-state index in [1.807, 2.05) is 13.1 Å². The number of phenols is 1. The normalized spacial score (nSPS) is 22.8. The van der Waals surface area contributed by atoms with Gasteiger partial charge in [0.15, 0.2) is 0 Å². The molecule has 13 heavy (non-hydrogen) atoms. The van der Waals surface area contributed by atoms with Gasteiger partial charge in [0.05, 0.1) is 6.10 Å². The number of aliphatic hydroxyl groups is 1. The number of β-amino-alcohol motifs (C(OH)–C–C–N with tert-alkyl or cyclic N) is 1. The molecule has 0 radical (unpaired) electrons. The molecule has 1 aromatic rings. The number of hydrogen-bond donors (Lipinski definition) is 2. The van der Waals surface area contributed by atoms with Crippen molar-refractivity contribution in [3.63, 3.8) is 0 Å². The van der Waals surface area contributed by atoms with Crippen LogP contribution in [0.4, 0.5) is 0 Å². The van der Waals surface area contributed by atoms with Gasteiger partial charge >= 0.3 is 0 Å². The molecule has 2 N–H and O–H groups in total. The van der Waals surface area contributed by atoms with Crippen LogP contribution >= 0.6 is 0 Å². The van der Waals surface area contributed by atoms with Gasteiger partial charge in [-0.2, -0.15) is 0 Å². The summed E-state index contributed by atoms with van der Waals surface area (Å²) in [5, 5.41) is 19.0. The minimum Gasteiger partial charge on any atom is -0.508 e. The molecule has 0 aromatic heterocycles. The lowest BCUT2D eigenvalue weighted by Gasteiger charge is -2.29. The number of aliphatic hydroxyl groups excluding tert-OH is 1. The number of aromatic hydroxyl groups is 1. The molecule has 1 aliphatic rings. The number of nitrogens with zero attached hydrogens (tertiary/aromatic N) is 1. The Hall–Kier alpha value is -1.06. The summed E-state index contributed by atoms with van der Waals surface area (Å²) in [6.07, 6.45) is -0.471. The quantitative estimate of drug-likeness (QED) is 0.621. The van der Waals surface area contributed by atoms with Gasteiger partial charge in [0.2, 0.25) is 0 Å². The molecule has 3 nitrogen and oxygen atoms in total. The van der Waals surface area contributed by atoms with Crippen molar-refractivity contribution in [2.75, 3.05) is 13.6 Å². The Bertz CT molecular complexity index is 325. The SMILES string of the molecule is CN1Cc2ccc(O)cc2[C@H](O)C1. The van der Waals surface area contributed by atoms with Crippen molar-refractivity contribution in [3.05, 3.63) is 29.3 Å². The summed E-state index contributed by atoms with van der Waals surface area (Å²) in [4.78, 5) is 2.06. The molecule has 2 rings (SSSR count). The highest BCUT2D eigenvalue weighted by Gasteiger charge is 2.21. The van der Waals surface area contributed by atoms with Gasteiger partial charge in [0, 0.05) is 13.1 Å². The Balaban J connectivity index is 2.43.